The molecule has 0 saturated heterocycles. The topological polar surface area (TPSA) is 61.4 Å². The first kappa shape index (κ1) is 14.6. The zero-order chi connectivity index (χ0) is 15.9. The molecule has 0 aliphatic heterocycles. The largest absolute Gasteiger partial charge is 0.478 e. The van der Waals surface area contributed by atoms with Crippen LogP contribution >= 0.6 is 0 Å². The molecule has 6 nitrogen and oxygen atoms in total. The van der Waals surface area contributed by atoms with Gasteiger partial charge in [-0.1, -0.05) is 6.92 Å². The van der Waals surface area contributed by atoms with Gasteiger partial charge in [0, 0.05) is 19.0 Å². The van der Waals surface area contributed by atoms with E-state index < -0.39 is 0 Å². The predicted molar refractivity (Wildman–Crippen MR) is 85.7 cm³/mol. The Balaban J connectivity index is 2.54. The second-order valence-corrected chi connectivity index (χ2v) is 5.13. The lowest BCUT2D eigenvalue weighted by Crippen LogP contribution is -2.23. The van der Waals surface area contributed by atoms with Crippen LogP contribution < -0.4 is 10.3 Å². The van der Waals surface area contributed by atoms with Gasteiger partial charge in [-0.2, -0.15) is 4.98 Å². The molecule has 0 aliphatic carbocycles. The fourth-order valence-electron chi connectivity index (χ4n) is 2.88. The maximum Gasteiger partial charge on any atom is 0.277 e. The smallest absolute Gasteiger partial charge is 0.277 e. The molecule has 0 radical (unpaired) electrons. The molecule has 6 heteroatoms. The van der Waals surface area contributed by atoms with Gasteiger partial charge in [0.2, 0.25) is 5.88 Å². The van der Waals surface area contributed by atoms with Crippen LogP contribution in [0.15, 0.2) is 16.9 Å². The molecule has 3 heterocycles. The van der Waals surface area contributed by atoms with Gasteiger partial charge < -0.3 is 9.30 Å². The maximum absolute atomic E-state index is 12.8. The van der Waals surface area contributed by atoms with Crippen molar-refractivity contribution >= 4 is 16.7 Å². The molecule has 0 atom stereocenters. The number of hydrogen-bond acceptors (Lipinski definition) is 4. The first-order valence-corrected chi connectivity index (χ1v) is 7.66. The fraction of sp³-hybridized carbons (Fsp3) is 0.438. The van der Waals surface area contributed by atoms with E-state index in [1.54, 1.807) is 10.6 Å². The van der Waals surface area contributed by atoms with Crippen molar-refractivity contribution in [1.82, 2.24) is 18.9 Å². The summed E-state index contributed by atoms with van der Waals surface area (Å²) in [6.45, 7) is 8.92. The van der Waals surface area contributed by atoms with Crippen molar-refractivity contribution in [2.45, 2.75) is 40.7 Å². The minimum atomic E-state index is -0.0225. The number of hydrogen-bond donors (Lipinski definition) is 0. The summed E-state index contributed by atoms with van der Waals surface area (Å²) in [4.78, 5) is 21.9. The average molecular weight is 300 g/mol. The summed E-state index contributed by atoms with van der Waals surface area (Å²) in [5.74, 6) is 1.41. The van der Waals surface area contributed by atoms with Crippen molar-refractivity contribution in [3.8, 4) is 5.88 Å². The average Bonchev–Trinajstić information content (AvgIpc) is 2.86. The predicted octanol–water partition coefficient (Wildman–Crippen LogP) is 2.33. The Morgan fingerprint density at radius 3 is 2.59 bits per heavy atom. The van der Waals surface area contributed by atoms with Crippen LogP contribution in [0.2, 0.25) is 0 Å². The van der Waals surface area contributed by atoms with Crippen molar-refractivity contribution in [3.63, 3.8) is 0 Å². The summed E-state index contributed by atoms with van der Waals surface area (Å²) in [6.07, 6.45) is 0.736. The highest BCUT2D eigenvalue weighted by Crippen LogP contribution is 2.20. The van der Waals surface area contributed by atoms with Gasteiger partial charge >= 0.3 is 0 Å². The van der Waals surface area contributed by atoms with E-state index in [9.17, 15) is 4.79 Å². The lowest BCUT2D eigenvalue weighted by atomic mass is 10.3. The van der Waals surface area contributed by atoms with E-state index >= 15 is 0 Å². The quantitative estimate of drug-likeness (QED) is 0.742. The molecule has 0 aliphatic rings. The Labute approximate surface area is 128 Å². The van der Waals surface area contributed by atoms with Gasteiger partial charge in [-0.15, -0.1) is 0 Å². The summed E-state index contributed by atoms with van der Waals surface area (Å²) >= 11 is 0. The zero-order valence-electron chi connectivity index (χ0n) is 13.4. The summed E-state index contributed by atoms with van der Waals surface area (Å²) in [5.41, 5.74) is 2.85. The zero-order valence-corrected chi connectivity index (χ0v) is 13.4. The molecule has 3 rings (SSSR count). The molecular weight excluding hydrogens is 280 g/mol. The number of ether oxygens (including phenoxy) is 1. The van der Waals surface area contributed by atoms with Gasteiger partial charge in [0.1, 0.15) is 11.3 Å². The number of aromatic nitrogens is 4. The number of pyridine rings is 1. The van der Waals surface area contributed by atoms with Crippen LogP contribution in [0.3, 0.4) is 0 Å². The third-order valence-electron chi connectivity index (χ3n) is 3.83. The molecule has 22 heavy (non-hydrogen) atoms. The number of imidazole rings is 1. The van der Waals surface area contributed by atoms with Crippen LogP contribution in [0, 0.1) is 6.92 Å². The van der Waals surface area contributed by atoms with E-state index in [1.807, 2.05) is 38.2 Å². The Bertz CT molecular complexity index is 908. The fourth-order valence-corrected chi connectivity index (χ4v) is 2.88. The summed E-state index contributed by atoms with van der Waals surface area (Å²) in [7, 11) is 0. The lowest BCUT2D eigenvalue weighted by Gasteiger charge is -2.12. The van der Waals surface area contributed by atoms with Crippen molar-refractivity contribution in [1.29, 1.82) is 0 Å². The van der Waals surface area contributed by atoms with Crippen LogP contribution in [0.25, 0.3) is 16.7 Å². The third kappa shape index (κ3) is 1.98. The third-order valence-corrected chi connectivity index (χ3v) is 3.83. The normalized spacial score (nSPS) is 11.5. The molecule has 0 N–H and O–H groups in total. The number of nitrogens with zero attached hydrogens (tertiary/aromatic N) is 4. The molecule has 0 amide bonds. The van der Waals surface area contributed by atoms with E-state index in [2.05, 4.69) is 9.97 Å². The summed E-state index contributed by atoms with van der Waals surface area (Å²) < 4.78 is 9.13. The van der Waals surface area contributed by atoms with Crippen molar-refractivity contribution in [2.75, 3.05) is 6.61 Å². The Hall–Kier alpha value is -2.37. The van der Waals surface area contributed by atoms with E-state index in [0.29, 0.717) is 24.5 Å². The molecule has 0 bridgehead atoms. The van der Waals surface area contributed by atoms with Crippen LogP contribution in [0.1, 0.15) is 32.3 Å². The first-order chi connectivity index (χ1) is 10.6. The maximum atomic E-state index is 12.8. The van der Waals surface area contributed by atoms with Crippen LogP contribution in [-0.2, 0) is 13.0 Å². The van der Waals surface area contributed by atoms with Crippen LogP contribution in [0.5, 0.6) is 5.88 Å². The van der Waals surface area contributed by atoms with Crippen LogP contribution in [0.4, 0.5) is 0 Å². The molecule has 0 unspecified atom stereocenters. The molecule has 0 fully saturated rings. The van der Waals surface area contributed by atoms with E-state index in [1.165, 1.54) is 0 Å². The highest BCUT2D eigenvalue weighted by Gasteiger charge is 2.18. The van der Waals surface area contributed by atoms with Crippen molar-refractivity contribution < 1.29 is 4.74 Å². The molecule has 0 saturated carbocycles. The molecule has 0 aromatic carbocycles. The summed E-state index contributed by atoms with van der Waals surface area (Å²) in [6, 6.07) is 3.70. The van der Waals surface area contributed by atoms with Gasteiger partial charge in [0.05, 0.1) is 17.8 Å². The Morgan fingerprint density at radius 2 is 1.95 bits per heavy atom. The standard InChI is InChI=1S/C16H20N4O2/c1-5-12-17-10(4)14-16(21)19(6-2)11-8-9-13(22-7-3)18-15(11)20(12)14/h8-9H,5-7H2,1-4H3. The molecule has 3 aromatic rings. The monoisotopic (exact) mass is 300 g/mol. The lowest BCUT2D eigenvalue weighted by molar-refractivity contribution is 0.328. The van der Waals surface area contributed by atoms with Gasteiger partial charge in [-0.3, -0.25) is 9.20 Å². The minimum Gasteiger partial charge on any atom is -0.478 e. The summed E-state index contributed by atoms with van der Waals surface area (Å²) in [5, 5.41) is 0. The molecular formula is C16H20N4O2. The number of aryl methyl sites for hydroxylation is 3. The van der Waals surface area contributed by atoms with Gasteiger partial charge in [0.15, 0.2) is 5.65 Å². The molecule has 116 valence electrons. The SMILES string of the molecule is CCOc1ccc2c(n1)n1c(CC)nc(C)c1c(=O)n2CC. The minimum absolute atomic E-state index is 0.0225. The van der Waals surface area contributed by atoms with Crippen LogP contribution in [-0.4, -0.2) is 25.5 Å². The highest BCUT2D eigenvalue weighted by atomic mass is 16.5. The van der Waals surface area contributed by atoms with Crippen molar-refractivity contribution in [2.24, 2.45) is 0 Å². The second kappa shape index (κ2) is 5.44. The molecule has 0 spiro atoms. The van der Waals surface area contributed by atoms with E-state index in [4.69, 9.17) is 4.74 Å². The Kier molecular flexibility index (Phi) is 3.60. The Morgan fingerprint density at radius 1 is 1.18 bits per heavy atom. The highest BCUT2D eigenvalue weighted by molar-refractivity contribution is 5.77. The van der Waals surface area contributed by atoms with Gasteiger partial charge in [-0.05, 0) is 26.8 Å². The molecule has 3 aromatic heterocycles. The van der Waals surface area contributed by atoms with E-state index in [0.717, 1.165) is 29.1 Å². The second-order valence-electron chi connectivity index (χ2n) is 5.13. The first-order valence-electron chi connectivity index (χ1n) is 7.66. The number of fused-ring (bicyclic) bond motifs is 3. The number of rotatable bonds is 4. The van der Waals surface area contributed by atoms with E-state index in [-0.39, 0.29) is 5.56 Å². The van der Waals surface area contributed by atoms with Gasteiger partial charge in [0.25, 0.3) is 5.56 Å². The van der Waals surface area contributed by atoms with Gasteiger partial charge in [-0.25, -0.2) is 4.98 Å². The van der Waals surface area contributed by atoms with Crippen molar-refractivity contribution in [3.05, 3.63) is 34.0 Å².